The van der Waals surface area contributed by atoms with Crippen molar-refractivity contribution in [3.05, 3.63) is 30.9 Å². The Bertz CT molecular complexity index is 326. The van der Waals surface area contributed by atoms with Crippen LogP contribution in [0.2, 0.25) is 0 Å². The monoisotopic (exact) mass is 194 g/mol. The van der Waals surface area contributed by atoms with Crippen molar-refractivity contribution < 1.29 is 9.84 Å². The number of nitrogens with two attached hydrogens (primary N) is 1. The van der Waals surface area contributed by atoms with Crippen molar-refractivity contribution in [1.29, 1.82) is 0 Å². The average molecular weight is 194 g/mol. The van der Waals surface area contributed by atoms with E-state index in [0.29, 0.717) is 11.4 Å². The number of hydrogen-bond donors (Lipinski definition) is 3. The smallest absolute Gasteiger partial charge is 0.143 e. The van der Waals surface area contributed by atoms with Gasteiger partial charge in [0.25, 0.3) is 0 Å². The molecule has 1 atom stereocenters. The van der Waals surface area contributed by atoms with E-state index >= 15 is 0 Å². The molecular weight excluding hydrogens is 180 g/mol. The molecule has 0 aliphatic heterocycles. The standard InChI is InChI=1S/C10H14N2O2/c1-3-10(13)12-7-4-5-9(14-2)8(11)6-7/h3-6,10,12-13H,1,11H2,2H3. The van der Waals surface area contributed by atoms with Crippen molar-refractivity contribution >= 4 is 11.4 Å². The van der Waals surface area contributed by atoms with E-state index in [9.17, 15) is 5.11 Å². The maximum Gasteiger partial charge on any atom is 0.143 e. The zero-order valence-corrected chi connectivity index (χ0v) is 8.03. The molecule has 14 heavy (non-hydrogen) atoms. The number of hydrogen-bond acceptors (Lipinski definition) is 4. The first kappa shape index (κ1) is 10.4. The van der Waals surface area contributed by atoms with E-state index in [-0.39, 0.29) is 0 Å². The van der Waals surface area contributed by atoms with E-state index in [1.54, 1.807) is 25.3 Å². The van der Waals surface area contributed by atoms with Gasteiger partial charge in [0.1, 0.15) is 12.0 Å². The number of anilines is 2. The van der Waals surface area contributed by atoms with Crippen LogP contribution in [-0.2, 0) is 0 Å². The fraction of sp³-hybridized carbons (Fsp3) is 0.200. The zero-order chi connectivity index (χ0) is 10.6. The maximum atomic E-state index is 9.23. The minimum atomic E-state index is -0.775. The second kappa shape index (κ2) is 4.53. The number of benzene rings is 1. The van der Waals surface area contributed by atoms with Crippen molar-refractivity contribution in [3.63, 3.8) is 0 Å². The molecule has 0 aliphatic rings. The van der Waals surface area contributed by atoms with Gasteiger partial charge in [-0.3, -0.25) is 0 Å². The van der Waals surface area contributed by atoms with Gasteiger partial charge >= 0.3 is 0 Å². The molecule has 0 bridgehead atoms. The maximum absolute atomic E-state index is 9.23. The minimum absolute atomic E-state index is 0.522. The van der Waals surface area contributed by atoms with Gasteiger partial charge in [0.2, 0.25) is 0 Å². The Hall–Kier alpha value is -1.68. The van der Waals surface area contributed by atoms with Gasteiger partial charge < -0.3 is 20.9 Å². The largest absolute Gasteiger partial charge is 0.495 e. The summed E-state index contributed by atoms with van der Waals surface area (Å²) in [5.41, 5.74) is 6.92. The van der Waals surface area contributed by atoms with E-state index in [1.807, 2.05) is 0 Å². The molecular formula is C10H14N2O2. The Labute approximate surface area is 83.0 Å². The first-order valence-corrected chi connectivity index (χ1v) is 4.18. The molecule has 0 fully saturated rings. The number of nitrogens with one attached hydrogen (secondary N) is 1. The third-order valence-electron chi connectivity index (χ3n) is 1.77. The Morgan fingerprint density at radius 1 is 1.64 bits per heavy atom. The van der Waals surface area contributed by atoms with E-state index in [4.69, 9.17) is 10.5 Å². The van der Waals surface area contributed by atoms with Crippen molar-refractivity contribution in [2.75, 3.05) is 18.2 Å². The zero-order valence-electron chi connectivity index (χ0n) is 8.03. The summed E-state index contributed by atoms with van der Waals surface area (Å²) in [4.78, 5) is 0. The molecule has 0 saturated carbocycles. The predicted octanol–water partition coefficient (Wildman–Crippen LogP) is 1.19. The average Bonchev–Trinajstić information content (AvgIpc) is 2.18. The van der Waals surface area contributed by atoms with Crippen LogP contribution >= 0.6 is 0 Å². The van der Waals surface area contributed by atoms with E-state index in [1.165, 1.54) is 6.08 Å². The van der Waals surface area contributed by atoms with Crippen LogP contribution in [0.25, 0.3) is 0 Å². The van der Waals surface area contributed by atoms with Gasteiger partial charge in [0, 0.05) is 5.69 Å². The number of aliphatic hydroxyl groups is 1. The summed E-state index contributed by atoms with van der Waals surface area (Å²) in [6, 6.07) is 5.18. The van der Waals surface area contributed by atoms with Gasteiger partial charge in [-0.05, 0) is 24.3 Å². The first-order chi connectivity index (χ1) is 6.67. The minimum Gasteiger partial charge on any atom is -0.495 e. The lowest BCUT2D eigenvalue weighted by molar-refractivity contribution is 0.253. The Balaban J connectivity index is 2.80. The van der Waals surface area contributed by atoms with Gasteiger partial charge in [0.05, 0.1) is 12.8 Å². The van der Waals surface area contributed by atoms with Gasteiger partial charge in [0.15, 0.2) is 0 Å². The molecule has 1 rings (SSSR count). The highest BCUT2D eigenvalue weighted by Gasteiger charge is 2.02. The van der Waals surface area contributed by atoms with Crippen LogP contribution in [0, 0.1) is 0 Å². The molecule has 4 N–H and O–H groups in total. The third kappa shape index (κ3) is 2.40. The Kier molecular flexibility index (Phi) is 3.36. The lowest BCUT2D eigenvalue weighted by Gasteiger charge is -2.11. The van der Waals surface area contributed by atoms with Crippen LogP contribution < -0.4 is 15.8 Å². The van der Waals surface area contributed by atoms with Crippen molar-refractivity contribution in [2.45, 2.75) is 6.23 Å². The van der Waals surface area contributed by atoms with Crippen molar-refractivity contribution in [2.24, 2.45) is 0 Å². The third-order valence-corrected chi connectivity index (χ3v) is 1.77. The van der Waals surface area contributed by atoms with Gasteiger partial charge in [-0.25, -0.2) is 0 Å². The predicted molar refractivity (Wildman–Crippen MR) is 57.2 cm³/mol. The quantitative estimate of drug-likeness (QED) is 0.382. The molecule has 0 heterocycles. The topological polar surface area (TPSA) is 67.5 Å². The highest BCUT2D eigenvalue weighted by Crippen LogP contribution is 2.24. The normalized spacial score (nSPS) is 11.9. The number of rotatable bonds is 4. The molecule has 0 radical (unpaired) electrons. The van der Waals surface area contributed by atoms with Crippen LogP contribution in [0.4, 0.5) is 11.4 Å². The molecule has 4 heteroatoms. The molecule has 76 valence electrons. The van der Waals surface area contributed by atoms with Gasteiger partial charge in [-0.2, -0.15) is 0 Å². The summed E-state index contributed by atoms with van der Waals surface area (Å²) in [5.74, 6) is 0.614. The molecule has 1 aromatic carbocycles. The second-order valence-electron chi connectivity index (χ2n) is 2.78. The molecule has 1 unspecified atom stereocenters. The highest BCUT2D eigenvalue weighted by molar-refractivity contribution is 5.62. The summed E-state index contributed by atoms with van der Waals surface area (Å²) < 4.78 is 5.00. The highest BCUT2D eigenvalue weighted by atomic mass is 16.5. The SMILES string of the molecule is C=CC(O)Nc1ccc(OC)c(N)c1. The Morgan fingerprint density at radius 2 is 2.36 bits per heavy atom. The second-order valence-corrected chi connectivity index (χ2v) is 2.78. The van der Waals surface area contributed by atoms with E-state index in [0.717, 1.165) is 5.69 Å². The number of ether oxygens (including phenoxy) is 1. The van der Waals surface area contributed by atoms with Gasteiger partial charge in [-0.15, -0.1) is 0 Å². The molecule has 0 aromatic heterocycles. The summed E-state index contributed by atoms with van der Waals surface area (Å²) >= 11 is 0. The van der Waals surface area contributed by atoms with Crippen LogP contribution in [0.15, 0.2) is 30.9 Å². The molecule has 4 nitrogen and oxygen atoms in total. The number of aliphatic hydroxyl groups excluding tert-OH is 1. The first-order valence-electron chi connectivity index (χ1n) is 4.18. The van der Waals surface area contributed by atoms with Crippen LogP contribution in [0.1, 0.15) is 0 Å². The van der Waals surface area contributed by atoms with Crippen LogP contribution in [0.5, 0.6) is 5.75 Å². The summed E-state index contributed by atoms with van der Waals surface area (Å²) in [7, 11) is 1.55. The molecule has 0 aliphatic carbocycles. The summed E-state index contributed by atoms with van der Waals surface area (Å²) in [6.07, 6.45) is 0.614. The molecule has 0 spiro atoms. The fourth-order valence-electron chi connectivity index (χ4n) is 1.05. The number of nitrogen functional groups attached to an aromatic ring is 1. The molecule has 0 amide bonds. The van der Waals surface area contributed by atoms with E-state index < -0.39 is 6.23 Å². The summed E-state index contributed by atoms with van der Waals surface area (Å²) in [6.45, 7) is 3.44. The molecule has 1 aromatic rings. The fourth-order valence-corrected chi connectivity index (χ4v) is 1.05. The lowest BCUT2D eigenvalue weighted by Crippen LogP contribution is -2.14. The molecule has 0 saturated heterocycles. The summed E-state index contributed by atoms with van der Waals surface area (Å²) in [5, 5.41) is 12.0. The lowest BCUT2D eigenvalue weighted by atomic mass is 10.2. The van der Waals surface area contributed by atoms with E-state index in [2.05, 4.69) is 11.9 Å². The van der Waals surface area contributed by atoms with Crippen LogP contribution in [-0.4, -0.2) is 18.4 Å². The van der Waals surface area contributed by atoms with Crippen LogP contribution in [0.3, 0.4) is 0 Å². The number of methoxy groups -OCH3 is 1. The van der Waals surface area contributed by atoms with Gasteiger partial charge in [-0.1, -0.05) is 6.58 Å². The van der Waals surface area contributed by atoms with Crippen molar-refractivity contribution in [1.82, 2.24) is 0 Å². The van der Waals surface area contributed by atoms with Crippen molar-refractivity contribution in [3.8, 4) is 5.75 Å². The Morgan fingerprint density at radius 3 is 2.86 bits per heavy atom.